The van der Waals surface area contributed by atoms with E-state index in [0.29, 0.717) is 6.42 Å². The van der Waals surface area contributed by atoms with Crippen LogP contribution < -0.4 is 9.47 Å². The topological polar surface area (TPSA) is 43.7 Å². The molecular weight excluding hydrogens is 448 g/mol. The van der Waals surface area contributed by atoms with Crippen LogP contribution in [0.4, 0.5) is 0 Å². The van der Waals surface area contributed by atoms with E-state index in [4.69, 9.17) is 21.1 Å². The molecule has 6 heteroatoms. The zero-order chi connectivity index (χ0) is 23.9. The Labute approximate surface area is 207 Å². The van der Waals surface area contributed by atoms with Gasteiger partial charge >= 0.3 is 0 Å². The van der Waals surface area contributed by atoms with Crippen molar-refractivity contribution in [3.05, 3.63) is 59.2 Å². The van der Waals surface area contributed by atoms with Gasteiger partial charge in [-0.15, -0.1) is 0 Å². The second-order valence-corrected chi connectivity index (χ2v) is 9.55. The highest BCUT2D eigenvalue weighted by molar-refractivity contribution is 6.30. The molecular formula is C28H35ClN2O3. The summed E-state index contributed by atoms with van der Waals surface area (Å²) in [5.41, 5.74) is 1.93. The number of Topliss-reactive ketones (excluding diaryl/α,β-unsaturated/α-hetero) is 1. The van der Waals surface area contributed by atoms with Gasteiger partial charge in [0.2, 0.25) is 0 Å². The van der Waals surface area contributed by atoms with Crippen molar-refractivity contribution in [3.63, 3.8) is 0 Å². The van der Waals surface area contributed by atoms with E-state index in [1.807, 2.05) is 42.6 Å². The van der Waals surface area contributed by atoms with Gasteiger partial charge in [0.15, 0.2) is 5.78 Å². The van der Waals surface area contributed by atoms with Crippen LogP contribution in [0.3, 0.4) is 0 Å². The highest BCUT2D eigenvalue weighted by Crippen LogP contribution is 2.28. The lowest BCUT2D eigenvalue weighted by atomic mass is 10.0. The number of aromatic nitrogens is 1. The molecule has 0 atom stereocenters. The maximum absolute atomic E-state index is 12.8. The molecule has 0 spiro atoms. The number of carbonyl (C=O) groups excluding carboxylic acids is 1. The Morgan fingerprint density at radius 2 is 1.76 bits per heavy atom. The number of nitrogens with zero attached hydrogens (tertiary/aromatic N) is 2. The number of methoxy groups -OCH3 is 1. The molecule has 182 valence electrons. The molecule has 0 aliphatic carbocycles. The van der Waals surface area contributed by atoms with Crippen LogP contribution in [0.15, 0.2) is 48.7 Å². The zero-order valence-electron chi connectivity index (χ0n) is 20.3. The highest BCUT2D eigenvalue weighted by Gasteiger charge is 2.21. The number of piperidine rings is 1. The number of unbranched alkanes of at least 4 members (excludes halogenated alkanes) is 1. The minimum absolute atomic E-state index is 0.224. The zero-order valence-corrected chi connectivity index (χ0v) is 21.0. The normalized spacial score (nSPS) is 15.0. The van der Waals surface area contributed by atoms with E-state index in [-0.39, 0.29) is 11.9 Å². The van der Waals surface area contributed by atoms with Crippen LogP contribution in [0.2, 0.25) is 5.02 Å². The molecule has 0 bridgehead atoms. The number of likely N-dealkylation sites (tertiary alicyclic amines) is 1. The van der Waals surface area contributed by atoms with Crippen LogP contribution in [-0.4, -0.2) is 48.1 Å². The first-order valence-electron chi connectivity index (χ1n) is 12.4. The Morgan fingerprint density at radius 3 is 2.47 bits per heavy atom. The first-order chi connectivity index (χ1) is 16.6. The number of rotatable bonds is 11. The fraction of sp³-hybridized carbons (Fsp3) is 0.464. The van der Waals surface area contributed by atoms with E-state index < -0.39 is 0 Å². The quantitative estimate of drug-likeness (QED) is 0.288. The summed E-state index contributed by atoms with van der Waals surface area (Å²) in [6, 6.07) is 13.7. The van der Waals surface area contributed by atoms with Crippen molar-refractivity contribution in [3.8, 4) is 11.5 Å². The van der Waals surface area contributed by atoms with E-state index in [0.717, 1.165) is 91.3 Å². The smallest absolute Gasteiger partial charge is 0.165 e. The Morgan fingerprint density at radius 1 is 1.03 bits per heavy atom. The van der Waals surface area contributed by atoms with Crippen LogP contribution in [0.1, 0.15) is 55.8 Å². The van der Waals surface area contributed by atoms with E-state index in [1.54, 1.807) is 7.11 Å². The molecule has 5 nitrogen and oxygen atoms in total. The van der Waals surface area contributed by atoms with Gasteiger partial charge < -0.3 is 18.9 Å². The lowest BCUT2D eigenvalue weighted by Gasteiger charge is -2.32. The molecule has 1 aliphatic rings. The second kappa shape index (κ2) is 11.8. The number of fused-ring (bicyclic) bond motifs is 1. The largest absolute Gasteiger partial charge is 0.497 e. The van der Waals surface area contributed by atoms with Gasteiger partial charge in [0.25, 0.3) is 0 Å². The van der Waals surface area contributed by atoms with Crippen LogP contribution in [0.25, 0.3) is 10.9 Å². The van der Waals surface area contributed by atoms with Crippen molar-refractivity contribution in [2.24, 2.45) is 0 Å². The molecule has 0 radical (unpaired) electrons. The summed E-state index contributed by atoms with van der Waals surface area (Å²) in [6.45, 7) is 6.14. The standard InChI is InChI=1S/C28H35ClN2O3/c1-3-4-6-28(32)26-20-31(27-12-11-24(33-2)19-25(26)27)16-5-15-30-17-13-23(14-18-30)34-22-9-7-21(29)8-10-22/h7-12,19-20,23H,3-6,13-18H2,1-2H3. The summed E-state index contributed by atoms with van der Waals surface area (Å²) < 4.78 is 13.8. The molecule has 0 N–H and O–H groups in total. The molecule has 0 unspecified atom stereocenters. The third-order valence-electron chi connectivity index (χ3n) is 6.67. The molecule has 0 saturated carbocycles. The van der Waals surface area contributed by atoms with Crippen LogP contribution in [0, 0.1) is 0 Å². The first-order valence-corrected chi connectivity index (χ1v) is 12.8. The molecule has 34 heavy (non-hydrogen) atoms. The number of halogens is 1. The SMILES string of the molecule is CCCCC(=O)c1cn(CCCN2CCC(Oc3ccc(Cl)cc3)CC2)c2ccc(OC)cc12. The summed E-state index contributed by atoms with van der Waals surface area (Å²) >= 11 is 5.96. The van der Waals surface area contributed by atoms with Gasteiger partial charge in [-0.25, -0.2) is 0 Å². The minimum atomic E-state index is 0.224. The molecule has 4 rings (SSSR count). The fourth-order valence-electron chi connectivity index (χ4n) is 4.70. The fourth-order valence-corrected chi connectivity index (χ4v) is 4.83. The molecule has 1 aromatic heterocycles. The minimum Gasteiger partial charge on any atom is -0.497 e. The number of hydrogen-bond acceptors (Lipinski definition) is 4. The van der Waals surface area contributed by atoms with Crippen molar-refractivity contribution in [1.29, 1.82) is 0 Å². The average Bonchev–Trinajstić information content (AvgIpc) is 3.23. The third-order valence-corrected chi connectivity index (χ3v) is 6.92. The predicted molar refractivity (Wildman–Crippen MR) is 139 cm³/mol. The summed E-state index contributed by atoms with van der Waals surface area (Å²) in [5.74, 6) is 1.91. The van der Waals surface area contributed by atoms with Gasteiger partial charge in [-0.2, -0.15) is 0 Å². The van der Waals surface area contributed by atoms with Gasteiger partial charge in [0, 0.05) is 53.7 Å². The number of benzene rings is 2. The van der Waals surface area contributed by atoms with Gasteiger partial charge in [-0.05, 0) is 74.7 Å². The Kier molecular flexibility index (Phi) is 8.52. The Bertz CT molecular complexity index is 1080. The van der Waals surface area contributed by atoms with Gasteiger partial charge in [0.1, 0.15) is 17.6 Å². The van der Waals surface area contributed by atoms with Gasteiger partial charge in [-0.1, -0.05) is 24.9 Å². The molecule has 0 amide bonds. The number of ether oxygens (including phenoxy) is 2. The molecule has 1 aliphatic heterocycles. The van der Waals surface area contributed by atoms with E-state index >= 15 is 0 Å². The van der Waals surface area contributed by atoms with E-state index in [9.17, 15) is 4.79 Å². The van der Waals surface area contributed by atoms with Crippen LogP contribution in [-0.2, 0) is 6.54 Å². The maximum atomic E-state index is 12.8. The van der Waals surface area contributed by atoms with Gasteiger partial charge in [-0.3, -0.25) is 4.79 Å². The van der Waals surface area contributed by atoms with E-state index in [2.05, 4.69) is 22.5 Å². The average molecular weight is 483 g/mol. The van der Waals surface area contributed by atoms with Gasteiger partial charge in [0.05, 0.1) is 7.11 Å². The van der Waals surface area contributed by atoms with Crippen molar-refractivity contribution < 1.29 is 14.3 Å². The molecule has 2 aromatic carbocycles. The number of hydrogen-bond donors (Lipinski definition) is 0. The lowest BCUT2D eigenvalue weighted by molar-refractivity contribution is 0.0981. The summed E-state index contributed by atoms with van der Waals surface area (Å²) in [4.78, 5) is 15.4. The Hall–Kier alpha value is -2.50. The predicted octanol–water partition coefficient (Wildman–Crippen LogP) is 6.61. The number of ketones is 1. The molecule has 1 saturated heterocycles. The summed E-state index contributed by atoms with van der Waals surface area (Å²) in [5, 5.41) is 1.73. The van der Waals surface area contributed by atoms with Crippen molar-refractivity contribution in [2.45, 2.75) is 58.1 Å². The highest BCUT2D eigenvalue weighted by atomic mass is 35.5. The molecule has 1 fully saturated rings. The van der Waals surface area contributed by atoms with E-state index in [1.165, 1.54) is 0 Å². The number of carbonyl (C=O) groups is 1. The second-order valence-electron chi connectivity index (χ2n) is 9.11. The summed E-state index contributed by atoms with van der Waals surface area (Å²) in [6.07, 6.45) is 7.96. The number of aryl methyl sites for hydroxylation is 1. The molecule has 2 heterocycles. The van der Waals surface area contributed by atoms with Crippen molar-refractivity contribution >= 4 is 28.3 Å². The van der Waals surface area contributed by atoms with Crippen LogP contribution >= 0.6 is 11.6 Å². The third kappa shape index (κ3) is 6.13. The Balaban J connectivity index is 1.32. The molecule has 3 aromatic rings. The van der Waals surface area contributed by atoms with Crippen molar-refractivity contribution in [2.75, 3.05) is 26.7 Å². The van der Waals surface area contributed by atoms with Crippen molar-refractivity contribution in [1.82, 2.24) is 9.47 Å². The first kappa shape index (κ1) is 24.6. The summed E-state index contributed by atoms with van der Waals surface area (Å²) in [7, 11) is 1.67. The lowest BCUT2D eigenvalue weighted by Crippen LogP contribution is -2.38. The van der Waals surface area contributed by atoms with Crippen LogP contribution in [0.5, 0.6) is 11.5 Å². The monoisotopic (exact) mass is 482 g/mol. The maximum Gasteiger partial charge on any atom is 0.165 e.